The second-order valence-corrected chi connectivity index (χ2v) is 16.8. The van der Waals surface area contributed by atoms with Gasteiger partial charge in [0.15, 0.2) is 8.32 Å². The molecule has 7 atom stereocenters. The van der Waals surface area contributed by atoms with Gasteiger partial charge in [0.2, 0.25) is 0 Å². The summed E-state index contributed by atoms with van der Waals surface area (Å²) >= 11 is 0. The van der Waals surface area contributed by atoms with E-state index in [9.17, 15) is 9.90 Å². The van der Waals surface area contributed by atoms with Gasteiger partial charge in [0.05, 0.1) is 48.5 Å². The Kier molecular flexibility index (Phi) is 5.61. The topological polar surface area (TPSA) is 74.2 Å². The van der Waals surface area contributed by atoms with E-state index in [0.29, 0.717) is 26.2 Å². The zero-order valence-corrected chi connectivity index (χ0v) is 21.5. The van der Waals surface area contributed by atoms with Crippen LogP contribution >= 0.6 is 0 Å². The van der Waals surface area contributed by atoms with Gasteiger partial charge < -0.3 is 23.7 Å². The van der Waals surface area contributed by atoms with Gasteiger partial charge in [0.1, 0.15) is 6.61 Å². The molecule has 4 fully saturated rings. The third kappa shape index (κ3) is 3.54. The first-order valence-electron chi connectivity index (χ1n) is 12.3. The zero-order valence-electron chi connectivity index (χ0n) is 20.5. The molecule has 1 N–H and O–H groups in total. The van der Waals surface area contributed by atoms with Gasteiger partial charge in [-0.2, -0.15) is 0 Å². The molecule has 0 aromatic heterocycles. The normalized spacial score (nSPS) is 40.3. The Labute approximate surface area is 198 Å². The van der Waals surface area contributed by atoms with Crippen LogP contribution in [0.25, 0.3) is 0 Å². The number of benzene rings is 1. The molecule has 0 unspecified atom stereocenters. The van der Waals surface area contributed by atoms with Crippen molar-refractivity contribution in [2.24, 2.45) is 17.3 Å². The lowest BCUT2D eigenvalue weighted by Crippen LogP contribution is -2.68. The van der Waals surface area contributed by atoms with Crippen molar-refractivity contribution in [1.29, 1.82) is 0 Å². The van der Waals surface area contributed by atoms with Gasteiger partial charge in [-0.15, -0.1) is 0 Å². The molecule has 5 rings (SSSR count). The Bertz CT molecular complexity index is 898. The van der Waals surface area contributed by atoms with E-state index in [0.717, 1.165) is 18.4 Å². The minimum atomic E-state index is -2.10. The summed E-state index contributed by atoms with van der Waals surface area (Å²) < 4.78 is 25.8. The predicted molar refractivity (Wildman–Crippen MR) is 126 cm³/mol. The molecule has 2 saturated carbocycles. The van der Waals surface area contributed by atoms with Gasteiger partial charge in [0.25, 0.3) is 0 Å². The smallest absolute Gasteiger partial charge is 0.309 e. The maximum absolute atomic E-state index is 13.0. The molecule has 2 aliphatic carbocycles. The summed E-state index contributed by atoms with van der Waals surface area (Å²) in [5.74, 6) is -0.732. The van der Waals surface area contributed by atoms with Crippen molar-refractivity contribution in [3.63, 3.8) is 0 Å². The highest BCUT2D eigenvalue weighted by molar-refractivity contribution is 6.74. The number of carbonyl (C=O) groups excluding carboxylic acids is 1. The van der Waals surface area contributed by atoms with Crippen LogP contribution in [0.15, 0.2) is 30.3 Å². The molecular weight excluding hydrogens is 436 g/mol. The van der Waals surface area contributed by atoms with Crippen LogP contribution < -0.4 is 0 Å². The monoisotopic (exact) mass is 474 g/mol. The fourth-order valence-electron chi connectivity index (χ4n) is 6.56. The van der Waals surface area contributed by atoms with E-state index in [-0.39, 0.29) is 35.1 Å². The summed E-state index contributed by atoms with van der Waals surface area (Å²) in [6.07, 6.45) is 0.786. The highest BCUT2D eigenvalue weighted by Gasteiger charge is 2.75. The van der Waals surface area contributed by atoms with Crippen LogP contribution in [0.5, 0.6) is 0 Å². The molecule has 2 heterocycles. The van der Waals surface area contributed by atoms with E-state index in [1.165, 1.54) is 0 Å². The van der Waals surface area contributed by atoms with Gasteiger partial charge in [-0.1, -0.05) is 51.1 Å². The van der Waals surface area contributed by atoms with Crippen LogP contribution in [0.2, 0.25) is 18.1 Å². The molecule has 4 aliphatic rings. The van der Waals surface area contributed by atoms with E-state index >= 15 is 0 Å². The Hall–Kier alpha value is -1.25. The quantitative estimate of drug-likeness (QED) is 0.512. The van der Waals surface area contributed by atoms with E-state index in [2.05, 4.69) is 46.0 Å². The predicted octanol–water partition coefficient (Wildman–Crippen LogP) is 4.07. The standard InChI is InChI=1S/C26H38O6Si/c1-24(2,3)33(4,5)32-20-11-12-25(31-14-17-9-7-6-8-10-17)15-29-21-19(27)13-18-23(28)30-16-26(18,20)22(21)25/h6-10,18-22,27H,11-16H2,1-5H3/t18-,19+,20-,21+,22+,25-,26+/m1/s1. The van der Waals surface area contributed by atoms with Crippen molar-refractivity contribution in [1.82, 2.24) is 0 Å². The maximum Gasteiger partial charge on any atom is 0.309 e. The minimum Gasteiger partial charge on any atom is -0.465 e. The average Bonchev–Trinajstić information content (AvgIpc) is 3.30. The highest BCUT2D eigenvalue weighted by atomic mass is 28.4. The van der Waals surface area contributed by atoms with Crippen LogP contribution in [0, 0.1) is 17.3 Å². The fourth-order valence-corrected chi connectivity index (χ4v) is 7.96. The van der Waals surface area contributed by atoms with Crippen molar-refractivity contribution in [2.75, 3.05) is 13.2 Å². The minimum absolute atomic E-state index is 0.0563. The zero-order chi connectivity index (χ0) is 23.6. The molecule has 182 valence electrons. The van der Waals surface area contributed by atoms with E-state index in [1.54, 1.807) is 0 Å². The summed E-state index contributed by atoms with van der Waals surface area (Å²) in [4.78, 5) is 13.0. The second-order valence-electron chi connectivity index (χ2n) is 12.1. The van der Waals surface area contributed by atoms with Crippen molar-refractivity contribution in [3.05, 3.63) is 35.9 Å². The molecule has 2 saturated heterocycles. The maximum atomic E-state index is 13.0. The third-order valence-corrected chi connectivity index (χ3v) is 13.8. The molecular formula is C26H38O6Si. The Balaban J connectivity index is 1.53. The van der Waals surface area contributed by atoms with Crippen molar-refractivity contribution < 1.29 is 28.5 Å². The molecule has 1 aromatic rings. The lowest BCUT2D eigenvalue weighted by Gasteiger charge is -2.59. The molecule has 33 heavy (non-hydrogen) atoms. The number of aliphatic hydroxyl groups excluding tert-OH is 1. The average molecular weight is 475 g/mol. The first-order chi connectivity index (χ1) is 15.5. The molecule has 0 radical (unpaired) electrons. The number of hydrogen-bond donors (Lipinski definition) is 1. The lowest BCUT2D eigenvalue weighted by molar-refractivity contribution is -0.212. The second kappa shape index (κ2) is 7.88. The van der Waals surface area contributed by atoms with Crippen molar-refractivity contribution >= 4 is 14.3 Å². The van der Waals surface area contributed by atoms with Gasteiger partial charge in [0, 0.05) is 5.92 Å². The molecule has 6 nitrogen and oxygen atoms in total. The highest BCUT2D eigenvalue weighted by Crippen LogP contribution is 2.65. The van der Waals surface area contributed by atoms with E-state index in [1.807, 2.05) is 18.2 Å². The van der Waals surface area contributed by atoms with Crippen LogP contribution in [0.1, 0.15) is 45.6 Å². The largest absolute Gasteiger partial charge is 0.465 e. The molecule has 1 aromatic carbocycles. The van der Waals surface area contributed by atoms with Crippen LogP contribution in [-0.4, -0.2) is 56.5 Å². The first-order valence-corrected chi connectivity index (χ1v) is 15.2. The number of hydrogen-bond acceptors (Lipinski definition) is 6. The SMILES string of the molecule is CC(C)(C)[Si](C)(C)O[C@@H]1CC[C@@]2(OCc3ccccc3)CO[C@H]3[C@@H](O)C[C@@H]4C(=O)OC[C@]41[C@@H]32. The van der Waals surface area contributed by atoms with Crippen LogP contribution in [0.3, 0.4) is 0 Å². The Morgan fingerprint density at radius 3 is 2.61 bits per heavy atom. The number of rotatable bonds is 5. The molecule has 1 spiro atoms. The molecule has 7 heteroatoms. The van der Waals surface area contributed by atoms with Crippen LogP contribution in [0.4, 0.5) is 0 Å². The lowest BCUT2D eigenvalue weighted by atomic mass is 9.49. The van der Waals surface area contributed by atoms with E-state index in [4.69, 9.17) is 18.6 Å². The summed E-state index contributed by atoms with van der Waals surface area (Å²) in [6.45, 7) is 12.5. The van der Waals surface area contributed by atoms with Gasteiger partial charge in [-0.05, 0) is 43.0 Å². The first kappa shape index (κ1) is 23.5. The summed E-state index contributed by atoms with van der Waals surface area (Å²) in [5.41, 5.74) is 0.0271. The molecule has 2 aliphatic heterocycles. The number of aliphatic hydroxyl groups is 1. The summed E-state index contributed by atoms with van der Waals surface area (Å²) in [7, 11) is -2.10. The third-order valence-electron chi connectivity index (χ3n) is 9.29. The molecule has 0 bridgehead atoms. The van der Waals surface area contributed by atoms with Gasteiger partial charge in [-0.3, -0.25) is 4.79 Å². The number of carbonyl (C=O) groups is 1. The van der Waals surface area contributed by atoms with Gasteiger partial charge in [-0.25, -0.2) is 0 Å². The number of cyclic esters (lactones) is 1. The van der Waals surface area contributed by atoms with Crippen LogP contribution in [-0.2, 0) is 30.0 Å². The fraction of sp³-hybridized carbons (Fsp3) is 0.731. The molecule has 0 amide bonds. The summed E-state index contributed by atoms with van der Waals surface area (Å²) in [6, 6.07) is 10.1. The number of esters is 1. The van der Waals surface area contributed by atoms with E-state index < -0.39 is 25.4 Å². The Morgan fingerprint density at radius 2 is 1.91 bits per heavy atom. The Morgan fingerprint density at radius 1 is 1.18 bits per heavy atom. The number of ether oxygens (including phenoxy) is 3. The van der Waals surface area contributed by atoms with Crippen molar-refractivity contribution in [2.45, 2.75) is 88.7 Å². The van der Waals surface area contributed by atoms with Crippen molar-refractivity contribution in [3.8, 4) is 0 Å². The summed E-state index contributed by atoms with van der Waals surface area (Å²) in [5, 5.41) is 11.1. The van der Waals surface area contributed by atoms with Gasteiger partial charge >= 0.3 is 5.97 Å².